The van der Waals surface area contributed by atoms with E-state index in [1.54, 1.807) is 48.5 Å². The molecule has 0 fully saturated rings. The molecule has 0 atom stereocenters. The van der Waals surface area contributed by atoms with Crippen LogP contribution >= 0.6 is 0 Å². The fourth-order valence-electron chi connectivity index (χ4n) is 12.6. The van der Waals surface area contributed by atoms with Gasteiger partial charge >= 0.3 is 18.5 Å². The van der Waals surface area contributed by atoms with Crippen molar-refractivity contribution in [2.45, 2.75) is 0 Å². The molecule has 0 saturated heterocycles. The molecule has 0 amide bonds. The summed E-state index contributed by atoms with van der Waals surface area (Å²) in [6, 6.07) is 123. The van der Waals surface area contributed by atoms with Crippen LogP contribution in [0.2, 0.25) is 0 Å². The first-order chi connectivity index (χ1) is 49.1. The number of rotatable bonds is 12. The quantitative estimate of drug-likeness (QED) is 0.0907. The van der Waals surface area contributed by atoms with Crippen LogP contribution in [0.25, 0.3) is 132 Å². The molecule has 16 rings (SSSR count). The van der Waals surface area contributed by atoms with Crippen LogP contribution in [0.15, 0.2) is 364 Å². The monoisotopic (exact) mass is 1300 g/mol. The Kier molecular flexibility index (Phi) is 18.8. The molecule has 16 aromatic rings. The molecule has 0 bridgehead atoms. The van der Waals surface area contributed by atoms with Gasteiger partial charge in [0.05, 0.1) is 0 Å². The van der Waals surface area contributed by atoms with Crippen molar-refractivity contribution in [1.29, 1.82) is 0 Å². The van der Waals surface area contributed by atoms with Gasteiger partial charge in [0.15, 0.2) is 0 Å². The van der Waals surface area contributed by atoms with E-state index in [0.29, 0.717) is 23.0 Å². The van der Waals surface area contributed by atoms with Gasteiger partial charge in [0, 0.05) is 0 Å². The Morgan fingerprint density at radius 2 is 0.330 bits per heavy atom. The van der Waals surface area contributed by atoms with Crippen molar-refractivity contribution < 1.29 is 43.5 Å². The summed E-state index contributed by atoms with van der Waals surface area (Å²) in [7, 11) is 0. The summed E-state index contributed by atoms with van der Waals surface area (Å²) in [5.41, 5.74) is 17.9. The van der Waals surface area contributed by atoms with Crippen molar-refractivity contribution in [3.05, 3.63) is 364 Å². The Labute approximate surface area is 577 Å². The van der Waals surface area contributed by atoms with Crippen LogP contribution in [0, 0.1) is 0 Å². The molecule has 0 spiro atoms. The highest BCUT2D eigenvalue weighted by molar-refractivity contribution is 6.00. The molecule has 16 aromatic carbocycles. The summed E-state index contributed by atoms with van der Waals surface area (Å²) >= 11 is 0. The highest BCUT2D eigenvalue weighted by Crippen LogP contribution is 2.37. The topological polar surface area (TPSA) is 129 Å². The molecule has 0 aliphatic rings. The summed E-state index contributed by atoms with van der Waals surface area (Å²) in [5, 5.41) is 23.8. The molecular formula is C91H62O9. The summed E-state index contributed by atoms with van der Waals surface area (Å²) in [5.74, 6) is 1.66. The zero-order valence-electron chi connectivity index (χ0n) is 53.9. The van der Waals surface area contributed by atoms with Crippen molar-refractivity contribution in [2.75, 3.05) is 0 Å². The molecule has 9 heteroatoms. The molecule has 0 aliphatic carbocycles. The SMILES string of the molecule is O=C(O)O.O=C(Oc1ccc(-c2ccc(-c3cccc4ccccc34)cc2)cc1)Oc1ccc(-c2ccc(-c3cccc4ccccc34)cc2)cc1.O=C(Oc1ccc(-c2ccc(-c3cccc4ccccc34)cc2)cc1)Oc1ccc(-c2ccc(-c3cccc4ccccc34)cc2)cc1. The van der Waals surface area contributed by atoms with Gasteiger partial charge in [-0.15, -0.1) is 0 Å². The van der Waals surface area contributed by atoms with E-state index in [2.05, 4.69) is 267 Å². The fraction of sp³-hybridized carbons (Fsp3) is 0. The van der Waals surface area contributed by atoms with E-state index in [1.807, 2.05) is 48.5 Å². The van der Waals surface area contributed by atoms with Crippen molar-refractivity contribution in [1.82, 2.24) is 0 Å². The minimum Gasteiger partial charge on any atom is -0.450 e. The molecule has 100 heavy (non-hydrogen) atoms. The van der Waals surface area contributed by atoms with Crippen molar-refractivity contribution in [3.8, 4) is 112 Å². The third-order valence-electron chi connectivity index (χ3n) is 17.5. The number of hydrogen-bond acceptors (Lipinski definition) is 7. The lowest BCUT2D eigenvalue weighted by Gasteiger charge is -2.10. The number of ether oxygens (including phenoxy) is 4. The minimum absolute atomic E-state index is 0.416. The zero-order valence-corrected chi connectivity index (χ0v) is 53.9. The molecule has 0 radical (unpaired) electrons. The molecular weight excluding hydrogens is 1240 g/mol. The lowest BCUT2D eigenvalue weighted by atomic mass is 9.96. The average molecular weight is 1300 g/mol. The second-order valence-electron chi connectivity index (χ2n) is 23.7. The molecule has 2 N–H and O–H groups in total. The Morgan fingerprint density at radius 3 is 0.520 bits per heavy atom. The largest absolute Gasteiger partial charge is 0.519 e. The maximum absolute atomic E-state index is 12.6. The first kappa shape index (κ1) is 63.7. The van der Waals surface area contributed by atoms with Crippen molar-refractivity contribution in [3.63, 3.8) is 0 Å². The Bertz CT molecular complexity index is 4850. The van der Waals surface area contributed by atoms with Crippen LogP contribution < -0.4 is 18.9 Å². The van der Waals surface area contributed by atoms with Gasteiger partial charge < -0.3 is 29.2 Å². The van der Waals surface area contributed by atoms with Gasteiger partial charge in [-0.2, -0.15) is 0 Å². The highest BCUT2D eigenvalue weighted by Gasteiger charge is 2.14. The standard InChI is InChI=1S/2C45H30O3.CH2O3/c2*46-45(47-39-27-23-33(24-28-39)31-15-19-37(20-16-31)43-13-5-9-35-7-1-3-11-41(35)43)48-40-29-25-34(26-30-40)32-17-21-38(22-18-32)44-14-6-10-36-8-2-4-12-42(36)44;2-1(3)4/h2*1-30H;(H2,2,3,4). The van der Waals surface area contributed by atoms with E-state index >= 15 is 0 Å². The van der Waals surface area contributed by atoms with Crippen LogP contribution in [0.4, 0.5) is 14.4 Å². The van der Waals surface area contributed by atoms with E-state index in [9.17, 15) is 9.59 Å². The van der Waals surface area contributed by atoms with Gasteiger partial charge in [-0.1, -0.05) is 315 Å². The number of carbonyl (C=O) groups excluding carboxylic acids is 2. The maximum Gasteiger partial charge on any atom is 0.519 e. The van der Waals surface area contributed by atoms with Gasteiger partial charge in [0.25, 0.3) is 0 Å². The molecule has 9 nitrogen and oxygen atoms in total. The lowest BCUT2D eigenvalue weighted by Crippen LogP contribution is -2.13. The number of carbonyl (C=O) groups is 3. The predicted molar refractivity (Wildman–Crippen MR) is 403 cm³/mol. The zero-order chi connectivity index (χ0) is 68.2. The number of benzene rings is 16. The van der Waals surface area contributed by atoms with E-state index in [1.165, 1.54) is 87.6 Å². The van der Waals surface area contributed by atoms with E-state index < -0.39 is 18.5 Å². The van der Waals surface area contributed by atoms with Gasteiger partial charge in [0.2, 0.25) is 0 Å². The Balaban J connectivity index is 0.000000162. The second kappa shape index (κ2) is 29.6. The molecule has 0 heterocycles. The summed E-state index contributed by atoms with van der Waals surface area (Å²) in [6.45, 7) is 0. The number of fused-ring (bicyclic) bond motifs is 4. The van der Waals surface area contributed by atoms with Gasteiger partial charge in [0.1, 0.15) is 23.0 Å². The average Bonchev–Trinajstić information content (AvgIpc) is 0.831. The van der Waals surface area contributed by atoms with E-state index in [-0.39, 0.29) is 0 Å². The summed E-state index contributed by atoms with van der Waals surface area (Å²) in [6.07, 6.45) is -3.40. The Hall–Kier alpha value is -13.6. The van der Waals surface area contributed by atoms with Crippen molar-refractivity contribution >= 4 is 61.6 Å². The number of hydrogen-bond donors (Lipinski definition) is 2. The Morgan fingerprint density at radius 1 is 0.180 bits per heavy atom. The molecule has 0 saturated carbocycles. The lowest BCUT2D eigenvalue weighted by molar-refractivity contribution is 0.136. The third kappa shape index (κ3) is 14.9. The second-order valence-corrected chi connectivity index (χ2v) is 23.7. The van der Waals surface area contributed by atoms with Crippen LogP contribution in [-0.4, -0.2) is 28.7 Å². The molecule has 0 aliphatic heterocycles. The molecule has 0 unspecified atom stereocenters. The van der Waals surface area contributed by atoms with Crippen LogP contribution in [-0.2, 0) is 0 Å². The first-order valence-electron chi connectivity index (χ1n) is 32.5. The predicted octanol–water partition coefficient (Wildman–Crippen LogP) is 24.7. The number of carboxylic acid groups (broad SMARTS) is 2. The normalized spacial score (nSPS) is 10.8. The van der Waals surface area contributed by atoms with E-state index in [0.717, 1.165) is 44.5 Å². The molecule has 480 valence electrons. The van der Waals surface area contributed by atoms with E-state index in [4.69, 9.17) is 34.0 Å². The summed E-state index contributed by atoms with van der Waals surface area (Å²) in [4.78, 5) is 33.7. The fourth-order valence-corrected chi connectivity index (χ4v) is 12.6. The van der Waals surface area contributed by atoms with Crippen LogP contribution in [0.5, 0.6) is 23.0 Å². The third-order valence-corrected chi connectivity index (χ3v) is 17.5. The summed E-state index contributed by atoms with van der Waals surface area (Å²) < 4.78 is 21.9. The maximum atomic E-state index is 12.6. The first-order valence-corrected chi connectivity index (χ1v) is 32.5. The van der Waals surface area contributed by atoms with Gasteiger partial charge in [-0.05, 0) is 181 Å². The van der Waals surface area contributed by atoms with Crippen molar-refractivity contribution in [2.24, 2.45) is 0 Å². The highest BCUT2D eigenvalue weighted by atomic mass is 16.7. The van der Waals surface area contributed by atoms with Crippen LogP contribution in [0.3, 0.4) is 0 Å². The minimum atomic E-state index is -1.83. The van der Waals surface area contributed by atoms with Crippen LogP contribution in [0.1, 0.15) is 0 Å². The smallest absolute Gasteiger partial charge is 0.450 e. The van der Waals surface area contributed by atoms with Gasteiger partial charge in [-0.3, -0.25) is 0 Å². The molecule has 0 aromatic heterocycles. The van der Waals surface area contributed by atoms with Gasteiger partial charge in [-0.25, -0.2) is 14.4 Å².